The molecular weight excluding hydrogens is 298 g/mol. The maximum absolute atomic E-state index is 12.4. The Morgan fingerprint density at radius 2 is 2.14 bits per heavy atom. The fourth-order valence-corrected chi connectivity index (χ4v) is 2.86. The van der Waals surface area contributed by atoms with Gasteiger partial charge in [0.05, 0.1) is 5.92 Å². The van der Waals surface area contributed by atoms with Crippen LogP contribution in [-0.2, 0) is 17.8 Å². The molecule has 1 heterocycles. The van der Waals surface area contributed by atoms with Crippen LogP contribution in [0, 0.1) is 12.8 Å². The van der Waals surface area contributed by atoms with E-state index >= 15 is 0 Å². The van der Waals surface area contributed by atoms with Crippen LogP contribution in [0.2, 0.25) is 5.02 Å². The number of nitrogens with one attached hydrogen (secondary N) is 1. The van der Waals surface area contributed by atoms with Gasteiger partial charge in [0.1, 0.15) is 12.4 Å². The van der Waals surface area contributed by atoms with E-state index < -0.39 is 0 Å². The summed E-state index contributed by atoms with van der Waals surface area (Å²) in [5, 5.41) is 3.67. The van der Waals surface area contributed by atoms with Crippen LogP contribution in [-0.4, -0.2) is 12.5 Å². The third-order valence-electron chi connectivity index (χ3n) is 4.01. The third-order valence-corrected chi connectivity index (χ3v) is 4.25. The first-order chi connectivity index (χ1) is 10.6. The number of benzene rings is 2. The fourth-order valence-electron chi connectivity index (χ4n) is 2.67. The van der Waals surface area contributed by atoms with Crippen molar-refractivity contribution in [1.29, 1.82) is 0 Å². The number of hydrogen-bond donors (Lipinski definition) is 1. The standard InChI is InChI=1S/C18H18ClNO2/c1-12-4-2-3-5-13(12)10-20-18(21)15-8-14-9-16(19)6-7-17(14)22-11-15/h2-7,9,15H,8,10-11H2,1H3,(H,20,21)/t15-/m1/s1. The van der Waals surface area contributed by atoms with Crippen molar-refractivity contribution in [2.75, 3.05) is 6.61 Å². The molecular formula is C18H18ClNO2. The zero-order chi connectivity index (χ0) is 15.5. The molecule has 1 aliphatic rings. The van der Waals surface area contributed by atoms with Crippen molar-refractivity contribution in [3.8, 4) is 5.75 Å². The molecule has 2 aromatic carbocycles. The van der Waals surface area contributed by atoms with Gasteiger partial charge in [-0.2, -0.15) is 0 Å². The van der Waals surface area contributed by atoms with E-state index in [0.717, 1.165) is 16.9 Å². The summed E-state index contributed by atoms with van der Waals surface area (Å²) in [4.78, 5) is 12.4. The summed E-state index contributed by atoms with van der Waals surface area (Å²) < 4.78 is 5.67. The molecule has 0 radical (unpaired) electrons. The molecule has 0 unspecified atom stereocenters. The van der Waals surface area contributed by atoms with Crippen molar-refractivity contribution in [1.82, 2.24) is 5.32 Å². The van der Waals surface area contributed by atoms with Gasteiger partial charge >= 0.3 is 0 Å². The minimum Gasteiger partial charge on any atom is -0.492 e. The largest absolute Gasteiger partial charge is 0.492 e. The van der Waals surface area contributed by atoms with Gasteiger partial charge in [-0.05, 0) is 48.2 Å². The van der Waals surface area contributed by atoms with Crippen LogP contribution in [0.25, 0.3) is 0 Å². The van der Waals surface area contributed by atoms with Crippen LogP contribution in [0.15, 0.2) is 42.5 Å². The molecule has 0 bridgehead atoms. The fraction of sp³-hybridized carbons (Fsp3) is 0.278. The van der Waals surface area contributed by atoms with Gasteiger partial charge in [-0.3, -0.25) is 4.79 Å². The first kappa shape index (κ1) is 14.9. The predicted octanol–water partition coefficient (Wildman–Crippen LogP) is 3.52. The van der Waals surface area contributed by atoms with Crippen LogP contribution < -0.4 is 10.1 Å². The quantitative estimate of drug-likeness (QED) is 0.941. The van der Waals surface area contributed by atoms with E-state index in [1.807, 2.05) is 43.3 Å². The summed E-state index contributed by atoms with van der Waals surface area (Å²) >= 11 is 6.01. The number of halogens is 1. The lowest BCUT2D eigenvalue weighted by atomic mass is 9.96. The first-order valence-electron chi connectivity index (χ1n) is 7.37. The highest BCUT2D eigenvalue weighted by Gasteiger charge is 2.26. The number of ether oxygens (including phenoxy) is 1. The first-order valence-corrected chi connectivity index (χ1v) is 7.75. The molecule has 3 nitrogen and oxygen atoms in total. The van der Waals surface area contributed by atoms with Crippen LogP contribution in [0.4, 0.5) is 0 Å². The maximum atomic E-state index is 12.4. The van der Waals surface area contributed by atoms with Gasteiger partial charge in [0, 0.05) is 11.6 Å². The van der Waals surface area contributed by atoms with Gasteiger partial charge in [0.15, 0.2) is 0 Å². The number of rotatable bonds is 3. The van der Waals surface area contributed by atoms with E-state index in [2.05, 4.69) is 5.32 Å². The highest BCUT2D eigenvalue weighted by molar-refractivity contribution is 6.30. The second-order valence-corrected chi connectivity index (χ2v) is 6.04. The van der Waals surface area contributed by atoms with Gasteiger partial charge in [0.25, 0.3) is 0 Å². The van der Waals surface area contributed by atoms with Gasteiger partial charge in [-0.25, -0.2) is 0 Å². The topological polar surface area (TPSA) is 38.3 Å². The Kier molecular flexibility index (Phi) is 4.34. The molecule has 1 amide bonds. The average molecular weight is 316 g/mol. The monoisotopic (exact) mass is 315 g/mol. The lowest BCUT2D eigenvalue weighted by molar-refractivity contribution is -0.126. The lowest BCUT2D eigenvalue weighted by Crippen LogP contribution is -2.37. The van der Waals surface area contributed by atoms with Crippen LogP contribution in [0.3, 0.4) is 0 Å². The number of hydrogen-bond acceptors (Lipinski definition) is 2. The highest BCUT2D eigenvalue weighted by Crippen LogP contribution is 2.29. The Balaban J connectivity index is 1.63. The summed E-state index contributed by atoms with van der Waals surface area (Å²) in [6.45, 7) is 3.00. The van der Waals surface area contributed by atoms with E-state index in [4.69, 9.17) is 16.3 Å². The second-order valence-electron chi connectivity index (χ2n) is 5.61. The predicted molar refractivity (Wildman–Crippen MR) is 87.2 cm³/mol. The Bertz CT molecular complexity index is 699. The van der Waals surface area contributed by atoms with Crippen LogP contribution >= 0.6 is 11.6 Å². The molecule has 0 saturated heterocycles. The summed E-state index contributed by atoms with van der Waals surface area (Å²) in [7, 11) is 0. The molecule has 1 N–H and O–H groups in total. The van der Waals surface area contributed by atoms with Crippen molar-refractivity contribution in [2.24, 2.45) is 5.92 Å². The Labute approximate surface area is 135 Å². The van der Waals surface area contributed by atoms with Crippen LogP contribution in [0.1, 0.15) is 16.7 Å². The van der Waals surface area contributed by atoms with Gasteiger partial charge < -0.3 is 10.1 Å². The van der Waals surface area contributed by atoms with Gasteiger partial charge in [-0.1, -0.05) is 35.9 Å². The van der Waals surface area contributed by atoms with Gasteiger partial charge in [0.2, 0.25) is 5.91 Å². The van der Waals surface area contributed by atoms with E-state index in [-0.39, 0.29) is 11.8 Å². The van der Waals surface area contributed by atoms with E-state index in [1.165, 1.54) is 5.56 Å². The normalized spacial score (nSPS) is 16.5. The Morgan fingerprint density at radius 3 is 2.95 bits per heavy atom. The summed E-state index contributed by atoms with van der Waals surface area (Å²) in [6, 6.07) is 13.6. The molecule has 0 spiro atoms. The minimum absolute atomic E-state index is 0.0221. The molecule has 3 rings (SSSR count). The molecule has 0 aromatic heterocycles. The Morgan fingerprint density at radius 1 is 1.32 bits per heavy atom. The highest BCUT2D eigenvalue weighted by atomic mass is 35.5. The molecule has 2 aromatic rings. The molecule has 4 heteroatoms. The smallest absolute Gasteiger partial charge is 0.227 e. The summed E-state index contributed by atoms with van der Waals surface area (Å²) in [5.74, 6) is 0.677. The van der Waals surface area contributed by atoms with E-state index in [1.54, 1.807) is 6.07 Å². The van der Waals surface area contributed by atoms with Crippen molar-refractivity contribution < 1.29 is 9.53 Å². The Hall–Kier alpha value is -2.00. The zero-order valence-corrected chi connectivity index (χ0v) is 13.2. The van der Waals surface area contributed by atoms with E-state index in [9.17, 15) is 4.79 Å². The number of amides is 1. The van der Waals surface area contributed by atoms with Gasteiger partial charge in [-0.15, -0.1) is 0 Å². The maximum Gasteiger partial charge on any atom is 0.227 e. The molecule has 114 valence electrons. The number of fused-ring (bicyclic) bond motifs is 1. The van der Waals surface area contributed by atoms with Crippen molar-refractivity contribution in [3.05, 3.63) is 64.2 Å². The second kappa shape index (κ2) is 6.41. The van der Waals surface area contributed by atoms with Crippen molar-refractivity contribution >= 4 is 17.5 Å². The zero-order valence-electron chi connectivity index (χ0n) is 12.4. The third kappa shape index (κ3) is 3.25. The summed E-state index contributed by atoms with van der Waals surface area (Å²) in [5.41, 5.74) is 3.31. The number of aryl methyl sites for hydroxylation is 1. The number of carbonyl (C=O) groups excluding carboxylic acids is 1. The molecule has 0 fully saturated rings. The number of carbonyl (C=O) groups is 1. The molecule has 1 aliphatic heterocycles. The van der Waals surface area contributed by atoms with Crippen LogP contribution in [0.5, 0.6) is 5.75 Å². The minimum atomic E-state index is -0.171. The SMILES string of the molecule is Cc1ccccc1CNC(=O)[C@H]1COc2ccc(Cl)cc2C1. The molecule has 0 saturated carbocycles. The van der Waals surface area contributed by atoms with Crippen molar-refractivity contribution in [2.45, 2.75) is 19.9 Å². The molecule has 1 atom stereocenters. The average Bonchev–Trinajstić information content (AvgIpc) is 2.53. The molecule has 0 aliphatic carbocycles. The lowest BCUT2D eigenvalue weighted by Gasteiger charge is -2.24. The summed E-state index contributed by atoms with van der Waals surface area (Å²) in [6.07, 6.45) is 0.662. The van der Waals surface area contributed by atoms with Crippen molar-refractivity contribution in [3.63, 3.8) is 0 Å². The molecule has 22 heavy (non-hydrogen) atoms. The van der Waals surface area contributed by atoms with E-state index in [0.29, 0.717) is 24.6 Å².